The van der Waals surface area contributed by atoms with E-state index in [1.807, 2.05) is 13.8 Å². The molecule has 0 radical (unpaired) electrons. The van der Waals surface area contributed by atoms with Gasteiger partial charge in [0.25, 0.3) is 5.89 Å². The van der Waals surface area contributed by atoms with Crippen LogP contribution in [0.25, 0.3) is 0 Å². The zero-order valence-electron chi connectivity index (χ0n) is 14.3. The number of hydrogen-bond donors (Lipinski definition) is 0. The van der Waals surface area contributed by atoms with Crippen LogP contribution >= 0.6 is 0 Å². The van der Waals surface area contributed by atoms with Crippen molar-refractivity contribution >= 4 is 5.97 Å². The molecule has 1 aromatic heterocycles. The van der Waals surface area contributed by atoms with Crippen LogP contribution in [0.5, 0.6) is 17.2 Å². The summed E-state index contributed by atoms with van der Waals surface area (Å²) in [6.45, 7) is 3.75. The average molecular weight is 336 g/mol. The van der Waals surface area contributed by atoms with Crippen LogP contribution in [0.3, 0.4) is 0 Å². The minimum absolute atomic E-state index is 0.129. The van der Waals surface area contributed by atoms with Crippen LogP contribution in [-0.2, 0) is 11.3 Å². The van der Waals surface area contributed by atoms with Crippen LogP contribution in [0.2, 0.25) is 0 Å². The van der Waals surface area contributed by atoms with Gasteiger partial charge in [-0.25, -0.2) is 4.79 Å². The molecule has 0 spiro atoms. The molecule has 130 valence electrons. The molecular formula is C16H20N2O6. The summed E-state index contributed by atoms with van der Waals surface area (Å²) >= 11 is 0. The van der Waals surface area contributed by atoms with Crippen molar-refractivity contribution in [3.8, 4) is 17.2 Å². The Balaban J connectivity index is 2.16. The molecular weight excluding hydrogens is 316 g/mol. The summed E-state index contributed by atoms with van der Waals surface area (Å²) in [6, 6.07) is 3.05. The molecule has 0 amide bonds. The van der Waals surface area contributed by atoms with E-state index in [9.17, 15) is 4.79 Å². The highest BCUT2D eigenvalue weighted by Gasteiger charge is 2.20. The first-order chi connectivity index (χ1) is 11.5. The third-order valence-corrected chi connectivity index (χ3v) is 3.25. The van der Waals surface area contributed by atoms with E-state index in [1.54, 1.807) is 6.07 Å². The molecule has 0 aliphatic rings. The molecule has 1 aromatic carbocycles. The maximum absolute atomic E-state index is 12.3. The molecule has 0 N–H and O–H groups in total. The number of esters is 1. The quantitative estimate of drug-likeness (QED) is 0.712. The van der Waals surface area contributed by atoms with Gasteiger partial charge in [0.05, 0.1) is 21.3 Å². The van der Waals surface area contributed by atoms with Gasteiger partial charge in [-0.1, -0.05) is 19.0 Å². The Hall–Kier alpha value is -2.77. The van der Waals surface area contributed by atoms with Gasteiger partial charge in [-0.05, 0) is 0 Å². The highest BCUT2D eigenvalue weighted by molar-refractivity contribution is 5.93. The van der Waals surface area contributed by atoms with Crippen molar-refractivity contribution in [1.82, 2.24) is 10.1 Å². The van der Waals surface area contributed by atoms with Crippen LogP contribution < -0.4 is 14.2 Å². The Morgan fingerprint density at radius 1 is 1.08 bits per heavy atom. The lowest BCUT2D eigenvalue weighted by Gasteiger charge is -2.13. The minimum atomic E-state index is -0.600. The zero-order chi connectivity index (χ0) is 17.7. The first-order valence-electron chi connectivity index (χ1n) is 7.29. The van der Waals surface area contributed by atoms with E-state index in [-0.39, 0.29) is 24.0 Å². The van der Waals surface area contributed by atoms with Gasteiger partial charge in [0.2, 0.25) is 0 Å². The lowest BCUT2D eigenvalue weighted by Crippen LogP contribution is -2.08. The van der Waals surface area contributed by atoms with Gasteiger partial charge >= 0.3 is 5.97 Å². The van der Waals surface area contributed by atoms with E-state index < -0.39 is 5.97 Å². The third-order valence-electron chi connectivity index (χ3n) is 3.25. The van der Waals surface area contributed by atoms with Gasteiger partial charge in [0.1, 0.15) is 11.3 Å². The van der Waals surface area contributed by atoms with Crippen molar-refractivity contribution in [2.45, 2.75) is 26.4 Å². The number of carbonyl (C=O) groups is 1. The molecule has 0 unspecified atom stereocenters. The van der Waals surface area contributed by atoms with Crippen molar-refractivity contribution in [1.29, 1.82) is 0 Å². The molecule has 2 aromatic rings. The van der Waals surface area contributed by atoms with Gasteiger partial charge in [0.15, 0.2) is 23.9 Å². The highest BCUT2D eigenvalue weighted by Crippen LogP contribution is 2.35. The molecule has 0 atom stereocenters. The highest BCUT2D eigenvalue weighted by atomic mass is 16.6. The Kier molecular flexibility index (Phi) is 5.62. The Morgan fingerprint density at radius 3 is 2.25 bits per heavy atom. The second kappa shape index (κ2) is 7.67. The monoisotopic (exact) mass is 336 g/mol. The standard InChI is InChI=1S/C16H20N2O6/c1-9(2)15-17-14(24-18-15)8-23-16(19)10-6-12(21-4)13(22-5)7-11(10)20-3/h6-7,9H,8H2,1-5H3. The van der Waals surface area contributed by atoms with Crippen LogP contribution in [0.4, 0.5) is 0 Å². The fraction of sp³-hybridized carbons (Fsp3) is 0.438. The van der Waals surface area contributed by atoms with Crippen molar-refractivity contribution < 1.29 is 28.3 Å². The number of rotatable bonds is 7. The zero-order valence-corrected chi connectivity index (χ0v) is 14.3. The fourth-order valence-electron chi connectivity index (χ4n) is 1.95. The summed E-state index contributed by atoms with van der Waals surface area (Å²) in [6.07, 6.45) is 0. The lowest BCUT2D eigenvalue weighted by molar-refractivity contribution is 0.0425. The predicted octanol–water partition coefficient (Wildman–Crippen LogP) is 2.58. The van der Waals surface area contributed by atoms with E-state index in [2.05, 4.69) is 10.1 Å². The fourth-order valence-corrected chi connectivity index (χ4v) is 1.95. The summed E-state index contributed by atoms with van der Waals surface area (Å²) < 4.78 is 25.8. The minimum Gasteiger partial charge on any atom is -0.496 e. The summed E-state index contributed by atoms with van der Waals surface area (Å²) in [5, 5.41) is 3.81. The number of benzene rings is 1. The normalized spacial score (nSPS) is 10.6. The Bertz CT molecular complexity index is 711. The first kappa shape index (κ1) is 17.6. The van der Waals surface area contributed by atoms with Crippen molar-refractivity contribution in [2.75, 3.05) is 21.3 Å². The van der Waals surface area contributed by atoms with Gasteiger partial charge in [0, 0.05) is 18.1 Å². The Labute approximate surface area is 139 Å². The lowest BCUT2D eigenvalue weighted by atomic mass is 10.1. The van der Waals surface area contributed by atoms with Gasteiger partial charge in [-0.2, -0.15) is 4.98 Å². The second-order valence-electron chi connectivity index (χ2n) is 5.18. The predicted molar refractivity (Wildman–Crippen MR) is 83.6 cm³/mol. The number of methoxy groups -OCH3 is 3. The molecule has 24 heavy (non-hydrogen) atoms. The molecule has 0 saturated heterocycles. The molecule has 0 bridgehead atoms. The molecule has 0 aliphatic heterocycles. The molecule has 0 fully saturated rings. The van der Waals surface area contributed by atoms with E-state index in [1.165, 1.54) is 27.4 Å². The topological polar surface area (TPSA) is 92.9 Å². The molecule has 0 aliphatic carbocycles. The Morgan fingerprint density at radius 2 is 1.71 bits per heavy atom. The van der Waals surface area contributed by atoms with E-state index in [0.29, 0.717) is 23.1 Å². The summed E-state index contributed by atoms with van der Waals surface area (Å²) in [4.78, 5) is 16.5. The summed E-state index contributed by atoms with van der Waals surface area (Å²) in [7, 11) is 4.42. The van der Waals surface area contributed by atoms with Crippen molar-refractivity contribution in [3.05, 3.63) is 29.4 Å². The maximum atomic E-state index is 12.3. The molecule has 1 heterocycles. The van der Waals surface area contributed by atoms with Crippen molar-refractivity contribution in [2.24, 2.45) is 0 Å². The number of aromatic nitrogens is 2. The maximum Gasteiger partial charge on any atom is 0.342 e. The molecule has 2 rings (SSSR count). The van der Waals surface area contributed by atoms with E-state index in [4.69, 9.17) is 23.5 Å². The third kappa shape index (κ3) is 3.76. The number of carbonyl (C=O) groups excluding carboxylic acids is 1. The van der Waals surface area contributed by atoms with Crippen LogP contribution in [0.15, 0.2) is 16.7 Å². The number of ether oxygens (including phenoxy) is 4. The largest absolute Gasteiger partial charge is 0.496 e. The van der Waals surface area contributed by atoms with Crippen LogP contribution in [0, 0.1) is 0 Å². The average Bonchev–Trinajstić information content (AvgIpc) is 3.07. The molecule has 8 heteroatoms. The summed E-state index contributed by atoms with van der Waals surface area (Å²) in [5.74, 6) is 1.47. The smallest absolute Gasteiger partial charge is 0.342 e. The number of nitrogens with zero attached hydrogens (tertiary/aromatic N) is 2. The van der Waals surface area contributed by atoms with Crippen molar-refractivity contribution in [3.63, 3.8) is 0 Å². The van der Waals surface area contributed by atoms with Gasteiger partial charge in [-0.3, -0.25) is 0 Å². The number of hydrogen-bond acceptors (Lipinski definition) is 8. The summed E-state index contributed by atoms with van der Waals surface area (Å²) in [5.41, 5.74) is 0.207. The SMILES string of the molecule is COc1cc(OC)c(C(=O)OCc2nc(C(C)C)no2)cc1OC. The van der Waals surface area contributed by atoms with Crippen LogP contribution in [-0.4, -0.2) is 37.4 Å². The van der Waals surface area contributed by atoms with E-state index >= 15 is 0 Å². The molecule has 0 saturated carbocycles. The van der Waals surface area contributed by atoms with Gasteiger partial charge < -0.3 is 23.5 Å². The second-order valence-corrected chi connectivity index (χ2v) is 5.18. The van der Waals surface area contributed by atoms with Crippen LogP contribution in [0.1, 0.15) is 41.8 Å². The van der Waals surface area contributed by atoms with Gasteiger partial charge in [-0.15, -0.1) is 0 Å². The first-order valence-corrected chi connectivity index (χ1v) is 7.29. The molecule has 8 nitrogen and oxygen atoms in total. The van der Waals surface area contributed by atoms with E-state index in [0.717, 1.165) is 0 Å².